The summed E-state index contributed by atoms with van der Waals surface area (Å²) in [5.74, 6) is 1.24. The zero-order valence-electron chi connectivity index (χ0n) is 22.4. The van der Waals surface area contributed by atoms with Gasteiger partial charge in [0.2, 0.25) is 5.82 Å². The summed E-state index contributed by atoms with van der Waals surface area (Å²) in [5, 5.41) is 14.9. The van der Waals surface area contributed by atoms with Gasteiger partial charge in [-0.05, 0) is 61.2 Å². The Morgan fingerprint density at radius 2 is 1.85 bits per heavy atom. The number of aryl methyl sites for hydroxylation is 1. The molecule has 0 spiro atoms. The number of halogens is 1. The number of nitrogens with one attached hydrogen (secondary N) is 1. The summed E-state index contributed by atoms with van der Waals surface area (Å²) in [6.45, 7) is 6.63. The van der Waals surface area contributed by atoms with Gasteiger partial charge in [-0.1, -0.05) is 73.5 Å². The van der Waals surface area contributed by atoms with Crippen molar-refractivity contribution in [2.24, 2.45) is 0 Å². The maximum absolute atomic E-state index is 12.8. The number of carbonyl (C=O) groups excluding carboxylic acids is 1. The number of ether oxygens (including phenoxy) is 1. The third-order valence-electron chi connectivity index (χ3n) is 7.36. The van der Waals surface area contributed by atoms with Gasteiger partial charge >= 0.3 is 5.97 Å². The molecule has 1 atom stereocenters. The van der Waals surface area contributed by atoms with E-state index in [1.165, 1.54) is 0 Å². The molecule has 39 heavy (non-hydrogen) atoms. The maximum atomic E-state index is 12.8. The Labute approximate surface area is 233 Å². The van der Waals surface area contributed by atoms with Crippen molar-refractivity contribution in [1.29, 1.82) is 0 Å². The Balaban J connectivity index is 1.36. The molecule has 0 radical (unpaired) electrons. The molecule has 1 saturated heterocycles. The summed E-state index contributed by atoms with van der Waals surface area (Å²) in [5.41, 5.74) is 4.82. The zero-order chi connectivity index (χ0) is 27.2. The first-order valence-electron chi connectivity index (χ1n) is 13.6. The van der Waals surface area contributed by atoms with Crippen molar-refractivity contribution in [3.05, 3.63) is 70.8 Å². The summed E-state index contributed by atoms with van der Waals surface area (Å²) in [6.07, 6.45) is 5.11. The highest BCUT2D eigenvalue weighted by Gasteiger charge is 2.26. The Kier molecular flexibility index (Phi) is 8.68. The second kappa shape index (κ2) is 12.5. The lowest BCUT2D eigenvalue weighted by atomic mass is 9.98. The SMILES string of the molecule is CCCCc1nc(Cl)c(COC(=O)[C@H](C)N2CCCC2)n1Cc1ccc(-c2ccccc2-c2nn[nH]n2)cc1. The number of hydrogen-bond donors (Lipinski definition) is 1. The first-order valence-corrected chi connectivity index (χ1v) is 14.0. The van der Waals surface area contributed by atoms with E-state index in [9.17, 15) is 4.79 Å². The van der Waals surface area contributed by atoms with Crippen LogP contribution in [0.3, 0.4) is 0 Å². The van der Waals surface area contributed by atoms with E-state index in [1.54, 1.807) is 0 Å². The van der Waals surface area contributed by atoms with Gasteiger partial charge in [-0.2, -0.15) is 5.21 Å². The van der Waals surface area contributed by atoms with Gasteiger partial charge < -0.3 is 9.30 Å². The molecule has 204 valence electrons. The predicted octanol–water partition coefficient (Wildman–Crippen LogP) is 5.30. The van der Waals surface area contributed by atoms with Crippen LogP contribution in [0.4, 0.5) is 0 Å². The number of aromatic nitrogens is 6. The molecule has 0 unspecified atom stereocenters. The van der Waals surface area contributed by atoms with E-state index in [1.807, 2.05) is 25.1 Å². The van der Waals surface area contributed by atoms with Crippen LogP contribution >= 0.6 is 11.6 Å². The molecule has 0 amide bonds. The molecule has 5 rings (SSSR count). The average molecular weight is 548 g/mol. The highest BCUT2D eigenvalue weighted by Crippen LogP contribution is 2.30. The number of tetrazole rings is 1. The first-order chi connectivity index (χ1) is 19.0. The number of benzene rings is 2. The number of hydrogen-bond acceptors (Lipinski definition) is 7. The van der Waals surface area contributed by atoms with Gasteiger partial charge in [0.15, 0.2) is 5.15 Å². The highest BCUT2D eigenvalue weighted by molar-refractivity contribution is 6.30. The highest BCUT2D eigenvalue weighted by atomic mass is 35.5. The molecule has 4 aromatic rings. The Morgan fingerprint density at radius 1 is 1.10 bits per heavy atom. The molecule has 10 heteroatoms. The Morgan fingerprint density at radius 3 is 2.54 bits per heavy atom. The fourth-order valence-electron chi connectivity index (χ4n) is 5.07. The molecule has 1 aliphatic heterocycles. The summed E-state index contributed by atoms with van der Waals surface area (Å²) in [6, 6.07) is 16.1. The number of rotatable bonds is 11. The Bertz CT molecular complexity index is 1380. The molecule has 2 aromatic heterocycles. The van der Waals surface area contributed by atoms with Crippen molar-refractivity contribution in [3.8, 4) is 22.5 Å². The lowest BCUT2D eigenvalue weighted by molar-refractivity contribution is -0.150. The van der Waals surface area contributed by atoms with Crippen molar-refractivity contribution in [3.63, 3.8) is 0 Å². The van der Waals surface area contributed by atoms with Crippen molar-refractivity contribution < 1.29 is 9.53 Å². The van der Waals surface area contributed by atoms with Crippen LogP contribution in [0.5, 0.6) is 0 Å². The third-order valence-corrected chi connectivity index (χ3v) is 7.66. The third kappa shape index (κ3) is 6.20. The van der Waals surface area contributed by atoms with Gasteiger partial charge in [0, 0.05) is 18.5 Å². The van der Waals surface area contributed by atoms with Crippen molar-refractivity contribution in [2.45, 2.75) is 65.1 Å². The molecule has 0 saturated carbocycles. The van der Waals surface area contributed by atoms with Crippen LogP contribution < -0.4 is 0 Å². The van der Waals surface area contributed by atoms with E-state index in [0.717, 1.165) is 79.0 Å². The van der Waals surface area contributed by atoms with Crippen LogP contribution in [0.2, 0.25) is 5.15 Å². The standard InChI is InChI=1S/C29H34ClN7O2/c1-3-4-11-26-31-27(30)25(19-39-29(38)20(2)36-16-7-8-17-36)37(26)18-21-12-14-22(15-13-21)23-9-5-6-10-24(23)28-32-34-35-33-28/h5-6,9-10,12-15,20H,3-4,7-8,11,16-19H2,1-2H3,(H,32,33,34,35)/t20-/m0/s1. The van der Waals surface area contributed by atoms with Gasteiger partial charge in [-0.3, -0.25) is 9.69 Å². The number of unbranched alkanes of at least 4 members (excludes halogenated alkanes) is 1. The maximum Gasteiger partial charge on any atom is 0.323 e. The number of nitrogens with zero attached hydrogens (tertiary/aromatic N) is 6. The minimum Gasteiger partial charge on any atom is -0.458 e. The van der Waals surface area contributed by atoms with Gasteiger partial charge in [0.1, 0.15) is 18.5 Å². The quantitative estimate of drug-likeness (QED) is 0.254. The second-order valence-corrected chi connectivity index (χ2v) is 10.3. The molecule has 1 N–H and O–H groups in total. The van der Waals surface area contributed by atoms with Crippen molar-refractivity contribution in [1.82, 2.24) is 35.1 Å². The molecule has 9 nitrogen and oxygen atoms in total. The van der Waals surface area contributed by atoms with Gasteiger partial charge in [-0.15, -0.1) is 10.2 Å². The van der Waals surface area contributed by atoms with E-state index in [2.05, 4.69) is 72.3 Å². The molecule has 2 aromatic carbocycles. The molecule has 1 fully saturated rings. The number of esters is 1. The summed E-state index contributed by atoms with van der Waals surface area (Å²) in [7, 11) is 0. The topological polar surface area (TPSA) is 102 Å². The first kappa shape index (κ1) is 27.0. The fraction of sp³-hybridized carbons (Fsp3) is 0.414. The minimum absolute atomic E-state index is 0.102. The largest absolute Gasteiger partial charge is 0.458 e. The second-order valence-electron chi connectivity index (χ2n) is 9.96. The van der Waals surface area contributed by atoms with Gasteiger partial charge in [0.25, 0.3) is 0 Å². The molecule has 1 aliphatic rings. The normalized spacial score (nSPS) is 14.5. The summed E-state index contributed by atoms with van der Waals surface area (Å²) in [4.78, 5) is 19.6. The lowest BCUT2D eigenvalue weighted by Crippen LogP contribution is -2.38. The average Bonchev–Trinajstić information content (AvgIpc) is 3.74. The lowest BCUT2D eigenvalue weighted by Gasteiger charge is -2.22. The zero-order valence-corrected chi connectivity index (χ0v) is 23.2. The summed E-state index contributed by atoms with van der Waals surface area (Å²) < 4.78 is 7.86. The molecular weight excluding hydrogens is 514 g/mol. The number of H-pyrrole nitrogens is 1. The number of imidazole rings is 1. The number of aromatic amines is 1. The monoisotopic (exact) mass is 547 g/mol. The van der Waals surface area contributed by atoms with Crippen LogP contribution in [-0.2, 0) is 29.1 Å². The van der Waals surface area contributed by atoms with Crippen LogP contribution in [0.15, 0.2) is 48.5 Å². The van der Waals surface area contributed by atoms with E-state index in [0.29, 0.717) is 17.5 Å². The molecule has 3 heterocycles. The fourth-order valence-corrected chi connectivity index (χ4v) is 5.33. The van der Waals surface area contributed by atoms with E-state index >= 15 is 0 Å². The van der Waals surface area contributed by atoms with Gasteiger partial charge in [-0.25, -0.2) is 4.98 Å². The molecule has 0 aliphatic carbocycles. The number of carbonyl (C=O) groups is 1. The van der Waals surface area contributed by atoms with Crippen molar-refractivity contribution in [2.75, 3.05) is 13.1 Å². The minimum atomic E-state index is -0.259. The molecular formula is C29H34ClN7O2. The van der Waals surface area contributed by atoms with Crippen LogP contribution in [0.25, 0.3) is 22.5 Å². The van der Waals surface area contributed by atoms with Crippen LogP contribution in [-0.4, -0.2) is 60.2 Å². The van der Waals surface area contributed by atoms with E-state index in [-0.39, 0.29) is 18.6 Å². The summed E-state index contributed by atoms with van der Waals surface area (Å²) >= 11 is 6.60. The van der Waals surface area contributed by atoms with Crippen LogP contribution in [0, 0.1) is 0 Å². The van der Waals surface area contributed by atoms with Crippen molar-refractivity contribution >= 4 is 17.6 Å². The Hall–Kier alpha value is -3.56. The van der Waals surface area contributed by atoms with E-state index < -0.39 is 0 Å². The van der Waals surface area contributed by atoms with Crippen LogP contribution in [0.1, 0.15) is 56.6 Å². The molecule has 0 bridgehead atoms. The smallest absolute Gasteiger partial charge is 0.323 e. The predicted molar refractivity (Wildman–Crippen MR) is 150 cm³/mol. The van der Waals surface area contributed by atoms with Gasteiger partial charge in [0.05, 0.1) is 5.69 Å². The van der Waals surface area contributed by atoms with E-state index in [4.69, 9.17) is 16.3 Å². The number of likely N-dealkylation sites (tertiary alicyclic amines) is 1.